The number of rotatable bonds is 6. The smallest absolute Gasteiger partial charge is 0.303 e. The number of hydrogen-bond acceptors (Lipinski definition) is 4. The third kappa shape index (κ3) is 3.64. The minimum absolute atomic E-state index is 0.0360. The minimum atomic E-state index is -0.908. The predicted octanol–water partition coefficient (Wildman–Crippen LogP) is 1.66. The molecule has 5 nitrogen and oxygen atoms in total. The predicted molar refractivity (Wildman–Crippen MR) is 63.1 cm³/mol. The van der Waals surface area contributed by atoms with E-state index in [0.29, 0.717) is 17.9 Å². The van der Waals surface area contributed by atoms with Gasteiger partial charge in [-0.25, -0.2) is 0 Å². The van der Waals surface area contributed by atoms with Crippen molar-refractivity contribution in [3.8, 4) is 11.5 Å². The summed E-state index contributed by atoms with van der Waals surface area (Å²) in [6.45, 7) is 2.29. The molecule has 0 saturated carbocycles. The molecule has 4 N–H and O–H groups in total. The van der Waals surface area contributed by atoms with Crippen LogP contribution in [0, 0.1) is 0 Å². The molecule has 0 bridgehead atoms. The molecule has 0 fully saturated rings. The molecule has 0 radical (unpaired) electrons. The maximum atomic E-state index is 10.5. The maximum Gasteiger partial charge on any atom is 0.303 e. The molecular weight excluding hydrogens is 222 g/mol. The Bertz CT molecular complexity index is 392. The number of benzene rings is 1. The average molecular weight is 239 g/mol. The van der Waals surface area contributed by atoms with Crippen LogP contribution in [-0.2, 0) is 4.79 Å². The molecule has 0 aliphatic carbocycles. The Balaban J connectivity index is 2.89. The van der Waals surface area contributed by atoms with Crippen LogP contribution in [0.5, 0.6) is 11.5 Å². The lowest BCUT2D eigenvalue weighted by Crippen LogP contribution is -2.14. The first-order valence-electron chi connectivity index (χ1n) is 5.48. The Morgan fingerprint density at radius 3 is 2.82 bits per heavy atom. The lowest BCUT2D eigenvalue weighted by Gasteiger charge is -2.17. The van der Waals surface area contributed by atoms with Gasteiger partial charge < -0.3 is 20.7 Å². The molecule has 0 aliphatic heterocycles. The molecule has 0 amide bonds. The zero-order chi connectivity index (χ0) is 12.8. The summed E-state index contributed by atoms with van der Waals surface area (Å²) in [6, 6.07) is 4.33. The highest BCUT2D eigenvalue weighted by atomic mass is 16.5. The number of aliphatic carboxylic acids is 1. The van der Waals surface area contributed by atoms with E-state index in [1.807, 2.05) is 6.92 Å². The van der Waals surface area contributed by atoms with Gasteiger partial charge >= 0.3 is 5.97 Å². The molecule has 1 unspecified atom stereocenters. The lowest BCUT2D eigenvalue weighted by molar-refractivity contribution is -0.137. The van der Waals surface area contributed by atoms with Crippen LogP contribution in [0.3, 0.4) is 0 Å². The van der Waals surface area contributed by atoms with Gasteiger partial charge in [0.2, 0.25) is 0 Å². The SMILES string of the molecule is CCOc1cccc(O)c1C(N)CCC(=O)O. The van der Waals surface area contributed by atoms with Crippen molar-refractivity contribution < 1.29 is 19.7 Å². The first-order valence-corrected chi connectivity index (χ1v) is 5.48. The Kier molecular flexibility index (Phi) is 4.78. The minimum Gasteiger partial charge on any atom is -0.507 e. The van der Waals surface area contributed by atoms with Crippen molar-refractivity contribution in [1.29, 1.82) is 0 Å². The van der Waals surface area contributed by atoms with Crippen molar-refractivity contribution in [3.05, 3.63) is 23.8 Å². The highest BCUT2D eigenvalue weighted by molar-refractivity contribution is 5.66. The summed E-state index contributed by atoms with van der Waals surface area (Å²) in [4.78, 5) is 10.5. The average Bonchev–Trinajstić information content (AvgIpc) is 2.26. The summed E-state index contributed by atoms with van der Waals surface area (Å²) in [5.41, 5.74) is 6.34. The number of carbonyl (C=O) groups is 1. The molecule has 0 aliphatic rings. The standard InChI is InChI=1S/C12H17NO4/c1-2-17-10-5-3-4-9(14)12(10)8(13)6-7-11(15)16/h3-5,8,14H,2,6-7,13H2,1H3,(H,15,16). The molecule has 0 spiro atoms. The number of ether oxygens (including phenoxy) is 1. The summed E-state index contributed by atoms with van der Waals surface area (Å²) in [6.07, 6.45) is 0.216. The van der Waals surface area contributed by atoms with E-state index in [0.717, 1.165) is 0 Å². The van der Waals surface area contributed by atoms with Crippen molar-refractivity contribution in [2.24, 2.45) is 5.73 Å². The van der Waals surface area contributed by atoms with E-state index in [-0.39, 0.29) is 18.6 Å². The van der Waals surface area contributed by atoms with Crippen LogP contribution in [-0.4, -0.2) is 22.8 Å². The number of phenolic OH excluding ortho intramolecular Hbond substituents is 1. The Labute approximate surface area is 99.8 Å². The van der Waals surface area contributed by atoms with Crippen LogP contribution in [0.25, 0.3) is 0 Å². The summed E-state index contributed by atoms with van der Waals surface area (Å²) >= 11 is 0. The molecule has 0 aromatic heterocycles. The van der Waals surface area contributed by atoms with Crippen LogP contribution in [0.1, 0.15) is 31.4 Å². The van der Waals surface area contributed by atoms with E-state index in [4.69, 9.17) is 15.6 Å². The van der Waals surface area contributed by atoms with Crippen molar-refractivity contribution in [2.75, 3.05) is 6.61 Å². The van der Waals surface area contributed by atoms with E-state index in [1.165, 1.54) is 6.07 Å². The maximum absolute atomic E-state index is 10.5. The molecule has 5 heteroatoms. The van der Waals surface area contributed by atoms with Gasteiger partial charge in [-0.3, -0.25) is 4.79 Å². The number of aromatic hydroxyl groups is 1. The zero-order valence-electron chi connectivity index (χ0n) is 9.72. The molecule has 94 valence electrons. The zero-order valence-corrected chi connectivity index (χ0v) is 9.72. The van der Waals surface area contributed by atoms with Gasteiger partial charge in [-0.05, 0) is 25.5 Å². The van der Waals surface area contributed by atoms with Gasteiger partial charge in [0.15, 0.2) is 0 Å². The quantitative estimate of drug-likeness (QED) is 0.702. The molecule has 0 heterocycles. The summed E-state index contributed by atoms with van der Waals surface area (Å²) < 4.78 is 5.36. The van der Waals surface area contributed by atoms with Crippen LogP contribution in [0.2, 0.25) is 0 Å². The van der Waals surface area contributed by atoms with E-state index in [2.05, 4.69) is 0 Å². The summed E-state index contributed by atoms with van der Waals surface area (Å²) in [5, 5.41) is 18.3. The third-order valence-corrected chi connectivity index (χ3v) is 2.38. The van der Waals surface area contributed by atoms with Gasteiger partial charge in [0.05, 0.1) is 12.2 Å². The fourth-order valence-electron chi connectivity index (χ4n) is 1.61. The first kappa shape index (κ1) is 13.3. The number of hydrogen-bond donors (Lipinski definition) is 3. The van der Waals surface area contributed by atoms with E-state index in [9.17, 15) is 9.90 Å². The second-order valence-corrected chi connectivity index (χ2v) is 3.66. The van der Waals surface area contributed by atoms with Gasteiger partial charge in [-0.2, -0.15) is 0 Å². The van der Waals surface area contributed by atoms with E-state index < -0.39 is 12.0 Å². The van der Waals surface area contributed by atoms with Gasteiger partial charge in [0, 0.05) is 12.5 Å². The number of carboxylic acid groups (broad SMARTS) is 1. The number of nitrogens with two attached hydrogens (primary N) is 1. The number of phenols is 1. The van der Waals surface area contributed by atoms with Gasteiger partial charge in [-0.15, -0.1) is 0 Å². The number of carboxylic acids is 1. The first-order chi connectivity index (χ1) is 8.06. The van der Waals surface area contributed by atoms with Crippen molar-refractivity contribution in [2.45, 2.75) is 25.8 Å². The highest BCUT2D eigenvalue weighted by Crippen LogP contribution is 2.34. The molecule has 1 aromatic carbocycles. The van der Waals surface area contributed by atoms with Crippen molar-refractivity contribution >= 4 is 5.97 Å². The molecular formula is C12H17NO4. The van der Waals surface area contributed by atoms with Crippen LogP contribution in [0.4, 0.5) is 0 Å². The van der Waals surface area contributed by atoms with Crippen LogP contribution < -0.4 is 10.5 Å². The van der Waals surface area contributed by atoms with Crippen molar-refractivity contribution in [3.63, 3.8) is 0 Å². The normalized spacial score (nSPS) is 12.1. The van der Waals surface area contributed by atoms with E-state index >= 15 is 0 Å². The van der Waals surface area contributed by atoms with Crippen LogP contribution >= 0.6 is 0 Å². The monoisotopic (exact) mass is 239 g/mol. The molecule has 1 aromatic rings. The van der Waals surface area contributed by atoms with Gasteiger partial charge in [-0.1, -0.05) is 6.07 Å². The Morgan fingerprint density at radius 2 is 2.24 bits per heavy atom. The molecule has 1 rings (SSSR count). The lowest BCUT2D eigenvalue weighted by atomic mass is 10.0. The topological polar surface area (TPSA) is 92.8 Å². The summed E-state index contributed by atoms with van der Waals surface area (Å²) in [5.74, 6) is -0.368. The summed E-state index contributed by atoms with van der Waals surface area (Å²) in [7, 11) is 0. The second kappa shape index (κ2) is 6.10. The molecule has 0 saturated heterocycles. The Hall–Kier alpha value is -1.75. The fourth-order valence-corrected chi connectivity index (χ4v) is 1.61. The Morgan fingerprint density at radius 1 is 1.53 bits per heavy atom. The highest BCUT2D eigenvalue weighted by Gasteiger charge is 2.17. The molecule has 1 atom stereocenters. The van der Waals surface area contributed by atoms with Crippen molar-refractivity contribution in [1.82, 2.24) is 0 Å². The van der Waals surface area contributed by atoms with Crippen LogP contribution in [0.15, 0.2) is 18.2 Å². The van der Waals surface area contributed by atoms with E-state index in [1.54, 1.807) is 12.1 Å². The largest absolute Gasteiger partial charge is 0.507 e. The second-order valence-electron chi connectivity index (χ2n) is 3.66. The fraction of sp³-hybridized carbons (Fsp3) is 0.417. The third-order valence-electron chi connectivity index (χ3n) is 2.38. The van der Waals surface area contributed by atoms with Gasteiger partial charge in [0.25, 0.3) is 0 Å². The van der Waals surface area contributed by atoms with Gasteiger partial charge in [0.1, 0.15) is 11.5 Å². The molecule has 17 heavy (non-hydrogen) atoms.